The van der Waals surface area contributed by atoms with E-state index >= 15 is 0 Å². The van der Waals surface area contributed by atoms with Crippen molar-refractivity contribution >= 4 is 36.1 Å². The minimum absolute atomic E-state index is 0.927. The SMILES string of the molecule is Cc1ccccc1[O][Zr]([I])([I])[O]c1ccccc1C. The van der Waals surface area contributed by atoms with Crippen molar-refractivity contribution in [1.82, 2.24) is 0 Å². The monoisotopic (exact) mass is 558 g/mol. The summed E-state index contributed by atoms with van der Waals surface area (Å²) in [4.78, 5) is 0. The number of halogens is 2. The average molecular weight is 559 g/mol. The number of rotatable bonds is 4. The normalized spacial score (nSPS) is 11.2. The van der Waals surface area contributed by atoms with Crippen LogP contribution >= 0.6 is 36.1 Å². The van der Waals surface area contributed by atoms with Crippen molar-refractivity contribution in [3.63, 3.8) is 0 Å². The van der Waals surface area contributed by atoms with E-state index in [4.69, 9.17) is 5.63 Å². The molecular formula is C14H14I2O2Zr. The maximum absolute atomic E-state index is 6.15. The Kier molecular flexibility index (Phi) is 5.72. The van der Waals surface area contributed by atoms with Crippen molar-refractivity contribution in [3.8, 4) is 11.5 Å². The Labute approximate surface area is 137 Å². The van der Waals surface area contributed by atoms with Gasteiger partial charge in [0.25, 0.3) is 0 Å². The molecule has 2 nitrogen and oxygen atoms in total. The summed E-state index contributed by atoms with van der Waals surface area (Å²) in [5.74, 6) is 1.85. The molecule has 0 bridgehead atoms. The predicted octanol–water partition coefficient (Wildman–Crippen LogP) is 5.45. The van der Waals surface area contributed by atoms with E-state index in [-0.39, 0.29) is 0 Å². The molecule has 0 radical (unpaired) electrons. The van der Waals surface area contributed by atoms with Gasteiger partial charge in [-0.25, -0.2) is 0 Å². The number of para-hydroxylation sites is 2. The Balaban J connectivity index is 2.15. The summed E-state index contributed by atoms with van der Waals surface area (Å²) in [6.07, 6.45) is 0. The second kappa shape index (κ2) is 6.90. The van der Waals surface area contributed by atoms with Crippen LogP contribution < -0.4 is 5.63 Å². The number of aryl methyl sites for hydroxylation is 2. The van der Waals surface area contributed by atoms with Crippen molar-refractivity contribution in [2.75, 3.05) is 0 Å². The van der Waals surface area contributed by atoms with Gasteiger partial charge in [0.15, 0.2) is 0 Å². The molecule has 0 saturated carbocycles. The Morgan fingerprint density at radius 2 is 1.11 bits per heavy atom. The quantitative estimate of drug-likeness (QED) is 0.465. The van der Waals surface area contributed by atoms with Crippen LogP contribution in [0.15, 0.2) is 48.5 Å². The fourth-order valence-electron chi connectivity index (χ4n) is 1.62. The van der Waals surface area contributed by atoms with Crippen molar-refractivity contribution in [2.45, 2.75) is 13.8 Å². The standard InChI is InChI=1S/2C7H8O.2HI.Zr/c2*1-6-4-2-3-5-7(6)8;;;/h2*2-5,8H,1H3;2*1H;/q;;;;+4/p-4. The van der Waals surface area contributed by atoms with E-state index in [2.05, 4.69) is 62.1 Å². The van der Waals surface area contributed by atoms with E-state index in [0.717, 1.165) is 22.6 Å². The Bertz CT molecular complexity index is 523. The van der Waals surface area contributed by atoms with Crippen LogP contribution in [0.3, 0.4) is 0 Å². The number of hydrogen-bond donors (Lipinski definition) is 0. The van der Waals surface area contributed by atoms with Gasteiger partial charge in [-0.2, -0.15) is 0 Å². The zero-order chi connectivity index (χ0) is 13.9. The van der Waals surface area contributed by atoms with Crippen LogP contribution in [0, 0.1) is 13.8 Å². The van der Waals surface area contributed by atoms with E-state index in [1.807, 2.05) is 36.4 Å². The Morgan fingerprint density at radius 3 is 1.47 bits per heavy atom. The van der Waals surface area contributed by atoms with Gasteiger partial charge in [-0.3, -0.25) is 0 Å². The van der Waals surface area contributed by atoms with Crippen LogP contribution in [-0.2, 0) is 12.8 Å². The topological polar surface area (TPSA) is 18.5 Å². The molecule has 2 aromatic carbocycles. The van der Waals surface area contributed by atoms with Gasteiger partial charge in [-0.1, -0.05) is 0 Å². The third kappa shape index (κ3) is 4.71. The molecule has 0 N–H and O–H groups in total. The molecular weight excluding hydrogens is 545 g/mol. The van der Waals surface area contributed by atoms with Crippen LogP contribution in [0.1, 0.15) is 11.1 Å². The number of benzene rings is 2. The van der Waals surface area contributed by atoms with Crippen LogP contribution in [0.4, 0.5) is 0 Å². The fourth-order valence-corrected chi connectivity index (χ4v) is 9.72. The van der Waals surface area contributed by atoms with E-state index in [9.17, 15) is 0 Å². The van der Waals surface area contributed by atoms with Crippen molar-refractivity contribution < 1.29 is 18.4 Å². The maximum atomic E-state index is 6.15. The molecule has 0 spiro atoms. The summed E-state index contributed by atoms with van der Waals surface area (Å²) in [5.41, 5.74) is 2.29. The van der Waals surface area contributed by atoms with Crippen LogP contribution in [0.25, 0.3) is 0 Å². The van der Waals surface area contributed by atoms with Gasteiger partial charge in [0.1, 0.15) is 0 Å². The molecule has 19 heavy (non-hydrogen) atoms. The third-order valence-corrected chi connectivity index (χ3v) is 10.1. The first kappa shape index (κ1) is 15.8. The van der Waals surface area contributed by atoms with Crippen molar-refractivity contribution in [3.05, 3.63) is 59.7 Å². The Morgan fingerprint density at radius 1 is 0.737 bits per heavy atom. The molecule has 0 aliphatic rings. The molecule has 100 valence electrons. The zero-order valence-electron chi connectivity index (χ0n) is 10.7. The van der Waals surface area contributed by atoms with Crippen molar-refractivity contribution in [1.29, 1.82) is 0 Å². The molecule has 0 aromatic heterocycles. The van der Waals surface area contributed by atoms with Gasteiger partial charge >= 0.3 is 139 Å². The molecule has 2 rings (SSSR count). The molecule has 0 aliphatic heterocycles. The van der Waals surface area contributed by atoms with Gasteiger partial charge in [-0.15, -0.1) is 0 Å². The molecule has 0 saturated heterocycles. The van der Waals surface area contributed by atoms with Gasteiger partial charge in [0, 0.05) is 0 Å². The van der Waals surface area contributed by atoms with E-state index in [1.54, 1.807) is 0 Å². The average Bonchev–Trinajstić information content (AvgIpc) is 2.35. The fraction of sp³-hybridized carbons (Fsp3) is 0.143. The summed E-state index contributed by atoms with van der Waals surface area (Å²) >= 11 is 1.64. The van der Waals surface area contributed by atoms with E-state index in [0.29, 0.717) is 0 Å². The first-order valence-electron chi connectivity index (χ1n) is 5.85. The molecule has 2 aromatic rings. The first-order valence-corrected chi connectivity index (χ1v) is 22.5. The first-order chi connectivity index (χ1) is 8.98. The summed E-state index contributed by atoms with van der Waals surface area (Å²) in [6.45, 7) is 4.11. The van der Waals surface area contributed by atoms with E-state index in [1.165, 1.54) is 0 Å². The summed E-state index contributed by atoms with van der Waals surface area (Å²) in [6, 6.07) is 16.1. The molecule has 0 fully saturated rings. The molecule has 0 amide bonds. The van der Waals surface area contributed by atoms with Crippen molar-refractivity contribution in [2.24, 2.45) is 0 Å². The van der Waals surface area contributed by atoms with Gasteiger partial charge < -0.3 is 0 Å². The summed E-state index contributed by atoms with van der Waals surface area (Å²) in [5, 5.41) is 0. The van der Waals surface area contributed by atoms with E-state index < -0.39 is 12.8 Å². The molecule has 0 heterocycles. The van der Waals surface area contributed by atoms with Gasteiger partial charge in [-0.05, 0) is 0 Å². The second-order valence-corrected chi connectivity index (χ2v) is 36.5. The Hall–Kier alpha value is 0.383. The van der Waals surface area contributed by atoms with Gasteiger partial charge in [0.2, 0.25) is 0 Å². The van der Waals surface area contributed by atoms with Crippen LogP contribution in [0.2, 0.25) is 0 Å². The second-order valence-electron chi connectivity index (χ2n) is 4.20. The van der Waals surface area contributed by atoms with Crippen LogP contribution in [-0.4, -0.2) is 0 Å². The zero-order valence-corrected chi connectivity index (χ0v) is 17.5. The molecule has 5 heteroatoms. The summed E-state index contributed by atoms with van der Waals surface area (Å²) < 4.78 is 12.3. The number of hydrogen-bond acceptors (Lipinski definition) is 2. The minimum atomic E-state index is -3.10. The summed E-state index contributed by atoms with van der Waals surface area (Å²) in [7, 11) is 0. The molecule has 0 atom stereocenters. The molecule has 0 aliphatic carbocycles. The predicted molar refractivity (Wildman–Crippen MR) is 91.7 cm³/mol. The third-order valence-electron chi connectivity index (χ3n) is 2.64. The van der Waals surface area contributed by atoms with Crippen LogP contribution in [0.5, 0.6) is 11.5 Å². The van der Waals surface area contributed by atoms with Gasteiger partial charge in [0.05, 0.1) is 0 Å². The molecule has 0 unspecified atom stereocenters.